The van der Waals surface area contributed by atoms with Crippen LogP contribution in [0.5, 0.6) is 0 Å². The second-order valence-electron chi connectivity index (χ2n) is 5.33. The van der Waals surface area contributed by atoms with Crippen molar-refractivity contribution < 1.29 is 13.2 Å². The van der Waals surface area contributed by atoms with Crippen LogP contribution in [-0.2, 0) is 21.3 Å². The van der Waals surface area contributed by atoms with Crippen LogP contribution in [0.25, 0.3) is 0 Å². The van der Waals surface area contributed by atoms with Crippen molar-refractivity contribution in [1.82, 2.24) is 19.4 Å². The van der Waals surface area contributed by atoms with Crippen molar-refractivity contribution in [3.05, 3.63) is 12.3 Å². The van der Waals surface area contributed by atoms with Gasteiger partial charge in [0.05, 0.1) is 19.4 Å². The molecule has 120 valence electrons. The lowest BCUT2D eigenvalue weighted by Gasteiger charge is -2.29. The predicted molar refractivity (Wildman–Crippen MR) is 79.6 cm³/mol. The molecule has 7 nitrogen and oxygen atoms in total. The molecule has 0 unspecified atom stereocenters. The fourth-order valence-electron chi connectivity index (χ4n) is 2.46. The third-order valence-electron chi connectivity index (χ3n) is 3.38. The van der Waals surface area contributed by atoms with E-state index in [1.54, 1.807) is 6.07 Å². The summed E-state index contributed by atoms with van der Waals surface area (Å²) in [4.78, 5) is 2.21. The van der Waals surface area contributed by atoms with Gasteiger partial charge < -0.3 is 4.74 Å². The van der Waals surface area contributed by atoms with Gasteiger partial charge in [0.2, 0.25) is 0 Å². The summed E-state index contributed by atoms with van der Waals surface area (Å²) >= 11 is 0. The van der Waals surface area contributed by atoms with Crippen LogP contribution in [-0.4, -0.2) is 62.0 Å². The number of aromatic nitrogens is 2. The van der Waals surface area contributed by atoms with Crippen LogP contribution in [0.2, 0.25) is 0 Å². The zero-order valence-electron chi connectivity index (χ0n) is 12.7. The van der Waals surface area contributed by atoms with E-state index in [1.165, 1.54) is 10.9 Å². The Kier molecular flexibility index (Phi) is 5.74. The maximum absolute atomic E-state index is 12.4. The number of sulfonamides is 1. The van der Waals surface area contributed by atoms with E-state index < -0.39 is 10.0 Å². The van der Waals surface area contributed by atoms with E-state index >= 15 is 0 Å². The number of aryl methyl sites for hydroxylation is 1. The smallest absolute Gasteiger partial charge is 0.257 e. The molecule has 0 amide bonds. The monoisotopic (exact) mass is 316 g/mol. The molecule has 0 bridgehead atoms. The van der Waals surface area contributed by atoms with Gasteiger partial charge in [-0.05, 0) is 19.4 Å². The Balaban J connectivity index is 1.97. The number of nitrogens with one attached hydrogen (secondary N) is 1. The van der Waals surface area contributed by atoms with Crippen molar-refractivity contribution >= 4 is 10.0 Å². The number of nitrogens with zero attached hydrogens (tertiary/aromatic N) is 3. The molecule has 2 heterocycles. The van der Waals surface area contributed by atoms with E-state index in [9.17, 15) is 8.42 Å². The zero-order chi connectivity index (χ0) is 15.3. The Labute approximate surface area is 126 Å². The number of morpholine rings is 1. The van der Waals surface area contributed by atoms with Crippen molar-refractivity contribution in [1.29, 1.82) is 0 Å². The molecule has 1 atom stereocenters. The summed E-state index contributed by atoms with van der Waals surface area (Å²) in [7, 11) is -3.53. The highest BCUT2D eigenvalue weighted by Crippen LogP contribution is 2.10. The van der Waals surface area contributed by atoms with E-state index in [4.69, 9.17) is 4.74 Å². The Morgan fingerprint density at radius 1 is 1.43 bits per heavy atom. The van der Waals surface area contributed by atoms with Gasteiger partial charge in [0.25, 0.3) is 10.0 Å². The standard InChI is InChI=1S/C13H24N4O3S/c1-3-6-17-13(4-5-14-17)21(18,19)15-12(2)11-16-7-9-20-10-8-16/h4-5,12,15H,3,6-11H2,1-2H3/t12-/m1/s1. The van der Waals surface area contributed by atoms with Gasteiger partial charge in [-0.3, -0.25) is 9.58 Å². The summed E-state index contributed by atoms with van der Waals surface area (Å²) in [5.74, 6) is 0. The van der Waals surface area contributed by atoms with Gasteiger partial charge in [0.1, 0.15) is 0 Å². The second kappa shape index (κ2) is 7.35. The van der Waals surface area contributed by atoms with Crippen LogP contribution in [0, 0.1) is 0 Å². The molecule has 0 radical (unpaired) electrons. The molecule has 1 fully saturated rings. The first-order valence-corrected chi connectivity index (χ1v) is 8.85. The fourth-order valence-corrected chi connectivity index (χ4v) is 3.84. The zero-order valence-corrected chi connectivity index (χ0v) is 13.5. The molecule has 1 aliphatic heterocycles. The molecule has 1 saturated heterocycles. The lowest BCUT2D eigenvalue weighted by atomic mass is 10.3. The molecule has 0 spiro atoms. The van der Waals surface area contributed by atoms with Crippen LogP contribution in [0.4, 0.5) is 0 Å². The fraction of sp³-hybridized carbons (Fsp3) is 0.769. The number of rotatable bonds is 7. The van der Waals surface area contributed by atoms with Gasteiger partial charge in [-0.25, -0.2) is 13.1 Å². The molecule has 2 rings (SSSR count). The molecule has 8 heteroatoms. The van der Waals surface area contributed by atoms with Gasteiger partial charge in [-0.2, -0.15) is 5.10 Å². The molecule has 1 aliphatic rings. The first kappa shape index (κ1) is 16.4. The van der Waals surface area contributed by atoms with Crippen LogP contribution in [0.3, 0.4) is 0 Å². The van der Waals surface area contributed by atoms with Crippen molar-refractivity contribution in [3.8, 4) is 0 Å². The summed E-state index contributed by atoms with van der Waals surface area (Å²) in [6.07, 6.45) is 2.37. The number of hydrogen-bond acceptors (Lipinski definition) is 5. The third kappa shape index (κ3) is 4.50. The Bertz CT molecular complexity index is 537. The average molecular weight is 316 g/mol. The van der Waals surface area contributed by atoms with Crippen LogP contribution >= 0.6 is 0 Å². The normalized spacial score (nSPS) is 18.8. The Morgan fingerprint density at radius 3 is 2.81 bits per heavy atom. The minimum atomic E-state index is -3.53. The number of hydrogen-bond donors (Lipinski definition) is 1. The first-order chi connectivity index (χ1) is 10.0. The van der Waals surface area contributed by atoms with Gasteiger partial charge in [0.15, 0.2) is 5.03 Å². The summed E-state index contributed by atoms with van der Waals surface area (Å²) in [6, 6.07) is 1.39. The Hall–Kier alpha value is -0.960. The van der Waals surface area contributed by atoms with Crippen LogP contribution in [0.1, 0.15) is 20.3 Å². The van der Waals surface area contributed by atoms with Crippen LogP contribution < -0.4 is 4.72 Å². The lowest BCUT2D eigenvalue weighted by molar-refractivity contribution is 0.0354. The highest BCUT2D eigenvalue weighted by atomic mass is 32.2. The predicted octanol–water partition coefficient (Wildman–Crippen LogP) is 0.292. The summed E-state index contributed by atoms with van der Waals surface area (Å²) in [6.45, 7) is 8.27. The molecule has 1 aromatic rings. The SMILES string of the molecule is CCCn1nccc1S(=O)(=O)N[C@H](C)CN1CCOCC1. The van der Waals surface area contributed by atoms with Crippen LogP contribution in [0.15, 0.2) is 17.3 Å². The second-order valence-corrected chi connectivity index (χ2v) is 6.99. The molecule has 1 aromatic heterocycles. The average Bonchev–Trinajstić information content (AvgIpc) is 2.88. The van der Waals surface area contributed by atoms with Crippen molar-refractivity contribution in [2.45, 2.75) is 37.9 Å². The summed E-state index contributed by atoms with van der Waals surface area (Å²) in [5.41, 5.74) is 0. The molecular weight excluding hydrogens is 292 g/mol. The maximum Gasteiger partial charge on any atom is 0.257 e. The van der Waals surface area contributed by atoms with Gasteiger partial charge in [-0.15, -0.1) is 0 Å². The van der Waals surface area contributed by atoms with Gasteiger partial charge >= 0.3 is 0 Å². The van der Waals surface area contributed by atoms with Crippen molar-refractivity contribution in [3.63, 3.8) is 0 Å². The quantitative estimate of drug-likeness (QED) is 0.782. The molecular formula is C13H24N4O3S. The lowest BCUT2D eigenvalue weighted by Crippen LogP contribution is -2.46. The molecule has 1 N–H and O–H groups in total. The van der Waals surface area contributed by atoms with Crippen molar-refractivity contribution in [2.24, 2.45) is 0 Å². The van der Waals surface area contributed by atoms with Gasteiger partial charge in [0, 0.05) is 32.2 Å². The Morgan fingerprint density at radius 2 is 2.14 bits per heavy atom. The summed E-state index contributed by atoms with van der Waals surface area (Å²) in [5, 5.41) is 4.30. The largest absolute Gasteiger partial charge is 0.379 e. The topological polar surface area (TPSA) is 76.5 Å². The minimum Gasteiger partial charge on any atom is -0.379 e. The van der Waals surface area contributed by atoms with Gasteiger partial charge in [-0.1, -0.05) is 6.92 Å². The number of ether oxygens (including phenoxy) is 1. The minimum absolute atomic E-state index is 0.155. The molecule has 0 saturated carbocycles. The van der Waals surface area contributed by atoms with E-state index in [0.29, 0.717) is 26.3 Å². The van der Waals surface area contributed by atoms with E-state index in [-0.39, 0.29) is 11.1 Å². The van der Waals surface area contributed by atoms with E-state index in [0.717, 1.165) is 19.5 Å². The highest BCUT2D eigenvalue weighted by molar-refractivity contribution is 7.89. The summed E-state index contributed by atoms with van der Waals surface area (Å²) < 4.78 is 34.4. The molecule has 0 aromatic carbocycles. The maximum atomic E-state index is 12.4. The van der Waals surface area contributed by atoms with E-state index in [1.807, 2.05) is 13.8 Å². The van der Waals surface area contributed by atoms with E-state index in [2.05, 4.69) is 14.7 Å². The molecule has 0 aliphatic carbocycles. The van der Waals surface area contributed by atoms with Crippen molar-refractivity contribution in [2.75, 3.05) is 32.8 Å². The molecule has 21 heavy (non-hydrogen) atoms. The third-order valence-corrected chi connectivity index (χ3v) is 4.99. The first-order valence-electron chi connectivity index (χ1n) is 7.37. The highest BCUT2D eigenvalue weighted by Gasteiger charge is 2.23.